The predicted octanol–water partition coefficient (Wildman–Crippen LogP) is 1.60. The first kappa shape index (κ1) is 16.5. The normalized spacial score (nSPS) is 13.6. The van der Waals surface area contributed by atoms with E-state index in [1.165, 1.54) is 0 Å². The number of rotatable bonds is 8. The number of ether oxygens (including phenoxy) is 2. The van der Waals surface area contributed by atoms with Gasteiger partial charge in [0.2, 0.25) is 0 Å². The molecule has 1 rings (SSSR count). The fourth-order valence-corrected chi connectivity index (χ4v) is 1.71. The Labute approximate surface area is 119 Å². The van der Waals surface area contributed by atoms with E-state index in [1.54, 1.807) is 32.2 Å². The fourth-order valence-electron chi connectivity index (χ4n) is 1.71. The molecule has 1 unspecified atom stereocenters. The molecule has 1 atom stereocenters. The molecule has 2 N–H and O–H groups in total. The molecule has 20 heavy (non-hydrogen) atoms. The Morgan fingerprint density at radius 2 is 2.10 bits per heavy atom. The van der Waals surface area contributed by atoms with Crippen molar-refractivity contribution in [2.75, 3.05) is 26.9 Å². The van der Waals surface area contributed by atoms with Crippen molar-refractivity contribution in [3.05, 3.63) is 29.8 Å². The van der Waals surface area contributed by atoms with Crippen LogP contribution in [0, 0.1) is 0 Å². The lowest BCUT2D eigenvalue weighted by Gasteiger charge is -2.23. The first-order valence-corrected chi connectivity index (χ1v) is 6.71. The van der Waals surface area contributed by atoms with E-state index in [2.05, 4.69) is 5.32 Å². The van der Waals surface area contributed by atoms with Gasteiger partial charge in [-0.3, -0.25) is 4.79 Å². The molecular formula is C15H23NO4. The van der Waals surface area contributed by atoms with Crippen LogP contribution in [-0.4, -0.2) is 43.5 Å². The highest BCUT2D eigenvalue weighted by Crippen LogP contribution is 2.18. The minimum Gasteiger partial charge on any atom is -0.493 e. The summed E-state index contributed by atoms with van der Waals surface area (Å²) in [5.74, 6) is 0.288. The first-order chi connectivity index (χ1) is 9.50. The zero-order valence-electron chi connectivity index (χ0n) is 12.3. The van der Waals surface area contributed by atoms with Gasteiger partial charge in [-0.1, -0.05) is 12.1 Å². The quantitative estimate of drug-likeness (QED) is 0.759. The summed E-state index contributed by atoms with van der Waals surface area (Å²) in [5.41, 5.74) is -0.524. The third-order valence-electron chi connectivity index (χ3n) is 2.91. The van der Waals surface area contributed by atoms with Crippen molar-refractivity contribution in [2.45, 2.75) is 25.9 Å². The smallest absolute Gasteiger partial charge is 0.255 e. The maximum Gasteiger partial charge on any atom is 0.255 e. The predicted molar refractivity (Wildman–Crippen MR) is 77.1 cm³/mol. The van der Waals surface area contributed by atoms with E-state index in [1.807, 2.05) is 13.0 Å². The summed E-state index contributed by atoms with van der Waals surface area (Å²) in [6.45, 7) is 4.63. The molecule has 0 saturated carbocycles. The number of hydrogen-bond donors (Lipinski definition) is 2. The molecule has 0 bridgehead atoms. The summed E-state index contributed by atoms with van der Waals surface area (Å²) in [7, 11) is 1.58. The average Bonchev–Trinajstić information content (AvgIpc) is 2.44. The van der Waals surface area contributed by atoms with Crippen molar-refractivity contribution in [3.8, 4) is 5.75 Å². The van der Waals surface area contributed by atoms with Gasteiger partial charge in [0.05, 0.1) is 17.8 Å². The molecule has 1 aromatic carbocycles. The van der Waals surface area contributed by atoms with Gasteiger partial charge < -0.3 is 19.9 Å². The molecule has 1 aromatic rings. The van der Waals surface area contributed by atoms with Crippen LogP contribution in [0.4, 0.5) is 0 Å². The highest BCUT2D eigenvalue weighted by atomic mass is 16.5. The van der Waals surface area contributed by atoms with Crippen molar-refractivity contribution < 1.29 is 19.4 Å². The van der Waals surface area contributed by atoms with Crippen LogP contribution in [0.1, 0.15) is 30.6 Å². The summed E-state index contributed by atoms with van der Waals surface area (Å²) in [5, 5.41) is 12.8. The Morgan fingerprint density at radius 3 is 2.75 bits per heavy atom. The van der Waals surface area contributed by atoms with Gasteiger partial charge in [-0.25, -0.2) is 0 Å². The largest absolute Gasteiger partial charge is 0.493 e. The second-order valence-corrected chi connectivity index (χ2v) is 4.85. The number of benzene rings is 1. The molecule has 0 saturated heterocycles. The maximum atomic E-state index is 12.1. The Bertz CT molecular complexity index is 432. The van der Waals surface area contributed by atoms with E-state index in [0.717, 1.165) is 0 Å². The van der Waals surface area contributed by atoms with E-state index in [-0.39, 0.29) is 12.5 Å². The molecule has 0 aliphatic rings. The lowest BCUT2D eigenvalue weighted by molar-refractivity contribution is 0.0243. The van der Waals surface area contributed by atoms with Crippen molar-refractivity contribution in [2.24, 2.45) is 0 Å². The summed E-state index contributed by atoms with van der Waals surface area (Å²) < 4.78 is 10.3. The van der Waals surface area contributed by atoms with Gasteiger partial charge in [-0.2, -0.15) is 0 Å². The van der Waals surface area contributed by atoms with E-state index in [4.69, 9.17) is 9.47 Å². The minimum atomic E-state index is -0.994. The molecule has 0 aliphatic carbocycles. The van der Waals surface area contributed by atoms with Crippen molar-refractivity contribution in [1.82, 2.24) is 5.32 Å². The van der Waals surface area contributed by atoms with E-state index in [9.17, 15) is 9.90 Å². The van der Waals surface area contributed by atoms with E-state index < -0.39 is 5.60 Å². The van der Waals surface area contributed by atoms with Gasteiger partial charge in [-0.05, 0) is 26.0 Å². The molecule has 0 aliphatic heterocycles. The van der Waals surface area contributed by atoms with E-state index >= 15 is 0 Å². The van der Waals surface area contributed by atoms with Crippen LogP contribution >= 0.6 is 0 Å². The topological polar surface area (TPSA) is 67.8 Å². The lowest BCUT2D eigenvalue weighted by Crippen LogP contribution is -2.41. The van der Waals surface area contributed by atoms with Crippen LogP contribution in [-0.2, 0) is 4.74 Å². The second kappa shape index (κ2) is 7.87. The van der Waals surface area contributed by atoms with Crippen LogP contribution in [0.25, 0.3) is 0 Å². The SMILES string of the molecule is CCOc1ccccc1C(=O)NCC(C)(O)CCOC. The average molecular weight is 281 g/mol. The maximum absolute atomic E-state index is 12.1. The van der Waals surface area contributed by atoms with Crippen LogP contribution in [0.5, 0.6) is 5.75 Å². The van der Waals surface area contributed by atoms with Gasteiger partial charge in [0.15, 0.2) is 0 Å². The Balaban J connectivity index is 2.63. The Kier molecular flexibility index (Phi) is 6.48. The molecular weight excluding hydrogens is 258 g/mol. The van der Waals surface area contributed by atoms with Crippen molar-refractivity contribution in [3.63, 3.8) is 0 Å². The van der Waals surface area contributed by atoms with Gasteiger partial charge in [0, 0.05) is 26.7 Å². The number of methoxy groups -OCH3 is 1. The Morgan fingerprint density at radius 1 is 1.40 bits per heavy atom. The molecule has 0 spiro atoms. The highest BCUT2D eigenvalue weighted by Gasteiger charge is 2.22. The van der Waals surface area contributed by atoms with Crippen LogP contribution in [0.2, 0.25) is 0 Å². The van der Waals surface area contributed by atoms with Crippen LogP contribution in [0.15, 0.2) is 24.3 Å². The standard InChI is InChI=1S/C15H23NO4/c1-4-20-13-8-6-5-7-12(13)14(17)16-11-15(2,18)9-10-19-3/h5-8,18H,4,9-11H2,1-3H3,(H,16,17). The third-order valence-corrected chi connectivity index (χ3v) is 2.91. The highest BCUT2D eigenvalue weighted by molar-refractivity contribution is 5.96. The molecule has 0 heterocycles. The lowest BCUT2D eigenvalue weighted by atomic mass is 10.0. The van der Waals surface area contributed by atoms with Crippen LogP contribution < -0.4 is 10.1 Å². The van der Waals surface area contributed by atoms with Gasteiger partial charge >= 0.3 is 0 Å². The number of aliphatic hydroxyl groups is 1. The number of nitrogens with one attached hydrogen (secondary N) is 1. The van der Waals surface area contributed by atoms with Crippen molar-refractivity contribution >= 4 is 5.91 Å². The monoisotopic (exact) mass is 281 g/mol. The minimum absolute atomic E-state index is 0.162. The number of hydrogen-bond acceptors (Lipinski definition) is 4. The number of carbonyl (C=O) groups is 1. The molecule has 0 radical (unpaired) electrons. The third kappa shape index (κ3) is 5.19. The fraction of sp³-hybridized carbons (Fsp3) is 0.533. The zero-order chi connectivity index (χ0) is 15.0. The summed E-state index contributed by atoms with van der Waals surface area (Å²) in [6, 6.07) is 7.04. The van der Waals surface area contributed by atoms with E-state index in [0.29, 0.717) is 30.9 Å². The van der Waals surface area contributed by atoms with Gasteiger partial charge in [0.25, 0.3) is 5.91 Å². The van der Waals surface area contributed by atoms with Crippen LogP contribution in [0.3, 0.4) is 0 Å². The summed E-state index contributed by atoms with van der Waals surface area (Å²) in [6.07, 6.45) is 0.455. The zero-order valence-corrected chi connectivity index (χ0v) is 12.3. The molecule has 5 heteroatoms. The molecule has 0 aromatic heterocycles. The molecule has 0 fully saturated rings. The molecule has 5 nitrogen and oxygen atoms in total. The van der Waals surface area contributed by atoms with Gasteiger partial charge in [-0.15, -0.1) is 0 Å². The number of amides is 1. The second-order valence-electron chi connectivity index (χ2n) is 4.85. The Hall–Kier alpha value is -1.59. The molecule has 112 valence electrons. The number of carbonyl (C=O) groups excluding carboxylic acids is 1. The number of para-hydroxylation sites is 1. The summed E-state index contributed by atoms with van der Waals surface area (Å²) in [4.78, 5) is 12.1. The summed E-state index contributed by atoms with van der Waals surface area (Å²) >= 11 is 0. The molecule has 1 amide bonds. The van der Waals surface area contributed by atoms with Gasteiger partial charge in [0.1, 0.15) is 5.75 Å². The van der Waals surface area contributed by atoms with Crippen molar-refractivity contribution in [1.29, 1.82) is 0 Å². The first-order valence-electron chi connectivity index (χ1n) is 6.71.